The highest BCUT2D eigenvalue weighted by Gasteiger charge is 2.39. The highest BCUT2D eigenvalue weighted by atomic mass is 16.5. The van der Waals surface area contributed by atoms with E-state index in [0.717, 1.165) is 53.5 Å². The maximum atomic E-state index is 12.4. The number of para-hydroxylation sites is 1. The number of allylic oxidation sites excluding steroid dienone is 2. The minimum absolute atomic E-state index is 0.0512. The number of piperidine rings is 1. The molecule has 7 nitrogen and oxygen atoms in total. The number of anilines is 1. The topological polar surface area (TPSA) is 75.2 Å². The molecule has 0 saturated carbocycles. The number of rotatable bonds is 7. The molecule has 1 saturated heterocycles. The van der Waals surface area contributed by atoms with Gasteiger partial charge < -0.3 is 14.8 Å². The zero-order valence-corrected chi connectivity index (χ0v) is 21.4. The highest BCUT2D eigenvalue weighted by Crippen LogP contribution is 2.52. The van der Waals surface area contributed by atoms with Gasteiger partial charge >= 0.3 is 0 Å². The van der Waals surface area contributed by atoms with Crippen molar-refractivity contribution in [1.29, 1.82) is 0 Å². The lowest BCUT2D eigenvalue weighted by Crippen LogP contribution is -2.38. The van der Waals surface area contributed by atoms with Crippen LogP contribution in [-0.4, -0.2) is 50.4 Å². The van der Waals surface area contributed by atoms with E-state index in [4.69, 9.17) is 9.47 Å². The van der Waals surface area contributed by atoms with Gasteiger partial charge in [0.2, 0.25) is 0 Å². The summed E-state index contributed by atoms with van der Waals surface area (Å²) in [5.74, 6) is 2.14. The fraction of sp³-hybridized carbons (Fsp3) is 0.448. The molecule has 2 aliphatic heterocycles. The lowest BCUT2D eigenvalue weighted by molar-refractivity contribution is -0.122. The summed E-state index contributed by atoms with van der Waals surface area (Å²) in [6.45, 7) is 4.35. The number of hydrogen-bond acceptors (Lipinski definition) is 6. The second-order valence-corrected chi connectivity index (χ2v) is 9.93. The lowest BCUT2D eigenvalue weighted by atomic mass is 9.76. The van der Waals surface area contributed by atoms with Crippen molar-refractivity contribution in [3.63, 3.8) is 0 Å². The zero-order chi connectivity index (χ0) is 25.1. The number of likely N-dealkylation sites (tertiary alicyclic amines) is 1. The van der Waals surface area contributed by atoms with E-state index in [0.29, 0.717) is 18.4 Å². The molecule has 190 valence electrons. The Morgan fingerprint density at radius 3 is 2.72 bits per heavy atom. The number of hydrogen-bond donors (Lipinski definition) is 2. The third-order valence-electron chi connectivity index (χ3n) is 7.71. The average Bonchev–Trinajstić information content (AvgIpc) is 3.41. The average molecular weight is 489 g/mol. The van der Waals surface area contributed by atoms with Crippen LogP contribution in [-0.2, 0) is 4.79 Å². The van der Waals surface area contributed by atoms with Crippen LogP contribution in [0.15, 0.2) is 53.7 Å². The Hall–Kier alpha value is -3.32. The summed E-state index contributed by atoms with van der Waals surface area (Å²) in [7, 11) is 3.37. The summed E-state index contributed by atoms with van der Waals surface area (Å²) in [4.78, 5) is 14.6. The molecular weight excluding hydrogens is 452 g/mol. The van der Waals surface area contributed by atoms with Crippen LogP contribution in [0.3, 0.4) is 0 Å². The van der Waals surface area contributed by atoms with Gasteiger partial charge in [-0.05, 0) is 74.5 Å². The molecule has 5 rings (SSSR count). The molecule has 36 heavy (non-hydrogen) atoms. The first kappa shape index (κ1) is 24.4. The summed E-state index contributed by atoms with van der Waals surface area (Å²) in [6, 6.07) is 12.6. The first-order valence-corrected chi connectivity index (χ1v) is 12.9. The van der Waals surface area contributed by atoms with Gasteiger partial charge in [-0.3, -0.25) is 9.69 Å². The molecule has 1 aliphatic carbocycles. The van der Waals surface area contributed by atoms with Crippen molar-refractivity contribution in [3.05, 3.63) is 65.2 Å². The minimum atomic E-state index is -0.0512. The zero-order valence-electron chi connectivity index (χ0n) is 21.4. The van der Waals surface area contributed by atoms with Gasteiger partial charge in [0.15, 0.2) is 11.5 Å². The Balaban J connectivity index is 1.35. The van der Waals surface area contributed by atoms with E-state index in [1.165, 1.54) is 24.8 Å². The standard InChI is InChI=1S/C29H36N4O3/c1-19(31-32-27(34)18-33-15-5-4-6-16-33)20-13-14-25-24(17-20)21-9-7-10-22(21)28(30-25)23-11-8-12-26(35-2)29(23)36-3/h7-9,11-14,17,21-22,28,30H,4-6,10,15-16,18H2,1-3H3,(H,32,34)/b31-19-/t21-,22+,28-/m1/s1. The van der Waals surface area contributed by atoms with Gasteiger partial charge in [0.25, 0.3) is 5.91 Å². The van der Waals surface area contributed by atoms with Crippen LogP contribution < -0.4 is 20.2 Å². The van der Waals surface area contributed by atoms with Crippen molar-refractivity contribution in [2.75, 3.05) is 39.2 Å². The second-order valence-electron chi connectivity index (χ2n) is 9.93. The first-order valence-electron chi connectivity index (χ1n) is 12.9. The number of methoxy groups -OCH3 is 2. The van der Waals surface area contributed by atoms with E-state index in [2.05, 4.69) is 57.2 Å². The normalized spacial score (nSPS) is 23.4. The van der Waals surface area contributed by atoms with Crippen molar-refractivity contribution in [2.24, 2.45) is 11.0 Å². The molecule has 0 radical (unpaired) electrons. The number of amides is 1. The van der Waals surface area contributed by atoms with Crippen LogP contribution in [0, 0.1) is 5.92 Å². The van der Waals surface area contributed by atoms with Gasteiger partial charge in [-0.1, -0.05) is 36.8 Å². The van der Waals surface area contributed by atoms with Crippen molar-refractivity contribution in [2.45, 2.75) is 44.6 Å². The fourth-order valence-electron chi connectivity index (χ4n) is 5.85. The molecule has 2 aromatic carbocycles. The Morgan fingerprint density at radius 1 is 1.11 bits per heavy atom. The van der Waals surface area contributed by atoms with Crippen LogP contribution in [0.5, 0.6) is 11.5 Å². The summed E-state index contributed by atoms with van der Waals surface area (Å²) < 4.78 is 11.3. The van der Waals surface area contributed by atoms with Gasteiger partial charge in [0.1, 0.15) is 0 Å². The van der Waals surface area contributed by atoms with E-state index in [1.807, 2.05) is 19.1 Å². The van der Waals surface area contributed by atoms with E-state index < -0.39 is 0 Å². The number of carbonyl (C=O) groups excluding carboxylic acids is 1. The quantitative estimate of drug-likeness (QED) is 0.331. The van der Waals surface area contributed by atoms with Gasteiger partial charge in [-0.25, -0.2) is 5.43 Å². The number of ether oxygens (including phenoxy) is 2. The number of nitrogens with one attached hydrogen (secondary N) is 2. The Kier molecular flexibility index (Phi) is 7.28. The molecule has 3 aliphatic rings. The summed E-state index contributed by atoms with van der Waals surface area (Å²) >= 11 is 0. The van der Waals surface area contributed by atoms with Crippen molar-refractivity contribution in [3.8, 4) is 11.5 Å². The molecule has 1 amide bonds. The van der Waals surface area contributed by atoms with E-state index in [-0.39, 0.29) is 11.9 Å². The molecule has 3 atom stereocenters. The highest BCUT2D eigenvalue weighted by molar-refractivity contribution is 6.00. The Labute approximate surface area is 213 Å². The molecule has 1 fully saturated rings. The van der Waals surface area contributed by atoms with Gasteiger partial charge in [0.05, 0.1) is 32.5 Å². The number of fused-ring (bicyclic) bond motifs is 3. The van der Waals surface area contributed by atoms with Gasteiger partial charge in [-0.15, -0.1) is 0 Å². The van der Waals surface area contributed by atoms with Crippen LogP contribution in [0.1, 0.15) is 61.3 Å². The largest absolute Gasteiger partial charge is 0.493 e. The number of benzene rings is 2. The third kappa shape index (κ3) is 4.85. The molecule has 2 aromatic rings. The predicted octanol–water partition coefficient (Wildman–Crippen LogP) is 4.86. The molecule has 7 heteroatoms. The van der Waals surface area contributed by atoms with E-state index >= 15 is 0 Å². The van der Waals surface area contributed by atoms with Crippen LogP contribution in [0.4, 0.5) is 5.69 Å². The maximum Gasteiger partial charge on any atom is 0.254 e. The van der Waals surface area contributed by atoms with E-state index in [9.17, 15) is 4.79 Å². The SMILES string of the molecule is COc1cccc([C@@H]2Nc3ccc(/C(C)=N\NC(=O)CN4CCCCC4)cc3[C@@H]3C=CC[C@@H]32)c1OC. The van der Waals surface area contributed by atoms with Crippen LogP contribution >= 0.6 is 0 Å². The molecule has 0 bridgehead atoms. The maximum absolute atomic E-state index is 12.4. The Bertz CT molecular complexity index is 1170. The predicted molar refractivity (Wildman–Crippen MR) is 143 cm³/mol. The van der Waals surface area contributed by atoms with Crippen molar-refractivity contribution >= 4 is 17.3 Å². The van der Waals surface area contributed by atoms with Crippen molar-refractivity contribution in [1.82, 2.24) is 10.3 Å². The van der Waals surface area contributed by atoms with Crippen LogP contribution in [0.2, 0.25) is 0 Å². The number of hydrazone groups is 1. The Morgan fingerprint density at radius 2 is 1.94 bits per heavy atom. The first-order chi connectivity index (χ1) is 17.6. The van der Waals surface area contributed by atoms with Gasteiger partial charge in [0, 0.05) is 17.2 Å². The summed E-state index contributed by atoms with van der Waals surface area (Å²) in [5, 5.41) is 8.20. The molecular formula is C29H36N4O3. The second kappa shape index (κ2) is 10.7. The minimum Gasteiger partial charge on any atom is -0.493 e. The lowest BCUT2D eigenvalue weighted by Gasteiger charge is -2.38. The molecule has 2 heterocycles. The monoisotopic (exact) mass is 488 g/mol. The van der Waals surface area contributed by atoms with E-state index in [1.54, 1.807) is 14.2 Å². The van der Waals surface area contributed by atoms with Crippen LogP contribution in [0.25, 0.3) is 0 Å². The third-order valence-corrected chi connectivity index (χ3v) is 7.71. The smallest absolute Gasteiger partial charge is 0.254 e. The van der Waals surface area contributed by atoms with Crippen molar-refractivity contribution < 1.29 is 14.3 Å². The summed E-state index contributed by atoms with van der Waals surface area (Å²) in [5.41, 5.74) is 8.07. The number of carbonyl (C=O) groups is 1. The molecule has 0 unspecified atom stereocenters. The molecule has 0 aromatic heterocycles. The summed E-state index contributed by atoms with van der Waals surface area (Å²) in [6.07, 6.45) is 9.18. The molecule has 0 spiro atoms. The number of nitrogens with zero attached hydrogens (tertiary/aromatic N) is 2. The molecule has 2 N–H and O–H groups in total. The van der Waals surface area contributed by atoms with Gasteiger partial charge in [-0.2, -0.15) is 5.10 Å². The fourth-order valence-corrected chi connectivity index (χ4v) is 5.85.